The van der Waals surface area contributed by atoms with Crippen LogP contribution in [0.1, 0.15) is 31.2 Å². The first-order valence-corrected chi connectivity index (χ1v) is 12.5. The number of sulfonamides is 1. The monoisotopic (exact) mass is 468 g/mol. The van der Waals surface area contributed by atoms with Crippen molar-refractivity contribution in [3.8, 4) is 5.69 Å². The molecular formula is C23H28N6O3S. The van der Waals surface area contributed by atoms with Crippen LogP contribution in [-0.2, 0) is 14.8 Å². The van der Waals surface area contributed by atoms with Gasteiger partial charge in [0, 0.05) is 24.5 Å². The average Bonchev–Trinajstić information content (AvgIpc) is 3.20. The standard InChI is InChI=1S/C23H28N6O3S/c1-18-6-7-20(14-22(18)33(31,32)28-12-4-2-3-5-13-28)27-23(30)15-25-19-8-10-21(11-9-19)29-17-24-16-26-29/h6-11,14,16-17,25H,2-5,12-13,15H2,1H3,(H,27,30). The number of aromatic nitrogens is 3. The van der Waals surface area contributed by atoms with E-state index in [0.29, 0.717) is 24.3 Å². The van der Waals surface area contributed by atoms with Crippen LogP contribution in [-0.4, -0.2) is 53.0 Å². The molecule has 33 heavy (non-hydrogen) atoms. The molecule has 10 heteroatoms. The lowest BCUT2D eigenvalue weighted by Crippen LogP contribution is -2.32. The van der Waals surface area contributed by atoms with Gasteiger partial charge in [0.15, 0.2) is 0 Å². The molecule has 2 heterocycles. The number of nitrogens with one attached hydrogen (secondary N) is 2. The zero-order chi connectivity index (χ0) is 23.3. The first-order valence-electron chi connectivity index (χ1n) is 11.0. The summed E-state index contributed by atoms with van der Waals surface area (Å²) in [5, 5.41) is 9.94. The molecule has 1 aromatic heterocycles. The molecule has 1 aliphatic heterocycles. The Hall–Kier alpha value is -3.24. The maximum Gasteiger partial charge on any atom is 0.243 e. The van der Waals surface area contributed by atoms with Crippen molar-refractivity contribution in [2.75, 3.05) is 30.3 Å². The molecule has 1 saturated heterocycles. The van der Waals surface area contributed by atoms with Gasteiger partial charge in [-0.2, -0.15) is 9.40 Å². The van der Waals surface area contributed by atoms with Crippen LogP contribution in [0.3, 0.4) is 0 Å². The van der Waals surface area contributed by atoms with E-state index in [-0.39, 0.29) is 17.3 Å². The number of aryl methyl sites for hydroxylation is 1. The fourth-order valence-electron chi connectivity index (χ4n) is 3.84. The molecule has 3 aromatic rings. The Morgan fingerprint density at radius 2 is 1.70 bits per heavy atom. The highest BCUT2D eigenvalue weighted by Gasteiger charge is 2.27. The van der Waals surface area contributed by atoms with Gasteiger partial charge in [-0.25, -0.2) is 18.1 Å². The predicted octanol–water partition coefficient (Wildman–Crippen LogP) is 3.19. The van der Waals surface area contributed by atoms with E-state index in [1.807, 2.05) is 24.3 Å². The largest absolute Gasteiger partial charge is 0.376 e. The van der Waals surface area contributed by atoms with E-state index in [0.717, 1.165) is 37.1 Å². The molecule has 1 aliphatic rings. The fourth-order valence-corrected chi connectivity index (χ4v) is 5.61. The fraction of sp³-hybridized carbons (Fsp3) is 0.348. The Bertz CT molecular complexity index is 1190. The number of benzene rings is 2. The Labute approximate surface area is 193 Å². The molecule has 4 rings (SSSR count). The molecule has 174 valence electrons. The maximum atomic E-state index is 13.2. The SMILES string of the molecule is Cc1ccc(NC(=O)CNc2ccc(-n3cncn3)cc2)cc1S(=O)(=O)N1CCCCCC1. The van der Waals surface area contributed by atoms with Crippen molar-refractivity contribution in [1.82, 2.24) is 19.1 Å². The summed E-state index contributed by atoms with van der Waals surface area (Å²) in [4.78, 5) is 16.6. The molecule has 1 amide bonds. The summed E-state index contributed by atoms with van der Waals surface area (Å²) in [6, 6.07) is 12.5. The van der Waals surface area contributed by atoms with Gasteiger partial charge < -0.3 is 10.6 Å². The quantitative estimate of drug-likeness (QED) is 0.551. The van der Waals surface area contributed by atoms with Crippen LogP contribution in [0.2, 0.25) is 0 Å². The third-order valence-electron chi connectivity index (χ3n) is 5.66. The first-order chi connectivity index (χ1) is 15.9. The molecule has 0 saturated carbocycles. The average molecular weight is 469 g/mol. The molecule has 1 fully saturated rings. The van der Waals surface area contributed by atoms with Crippen LogP contribution in [0.25, 0.3) is 5.69 Å². The molecule has 0 atom stereocenters. The minimum atomic E-state index is -3.60. The molecule has 0 bridgehead atoms. The van der Waals surface area contributed by atoms with Crippen LogP contribution in [0.15, 0.2) is 60.0 Å². The number of nitrogens with zero attached hydrogens (tertiary/aromatic N) is 4. The summed E-state index contributed by atoms with van der Waals surface area (Å²) in [7, 11) is -3.60. The number of carbonyl (C=O) groups is 1. The lowest BCUT2D eigenvalue weighted by Gasteiger charge is -2.21. The molecule has 2 aromatic carbocycles. The normalized spacial score (nSPS) is 15.1. The number of hydrogen-bond donors (Lipinski definition) is 2. The minimum absolute atomic E-state index is 0.0464. The summed E-state index contributed by atoms with van der Waals surface area (Å²) in [6.07, 6.45) is 6.93. The smallest absolute Gasteiger partial charge is 0.243 e. The van der Waals surface area contributed by atoms with Crippen LogP contribution < -0.4 is 10.6 Å². The summed E-state index contributed by atoms with van der Waals surface area (Å²) in [5.41, 5.74) is 2.77. The number of rotatable bonds is 7. The van der Waals surface area contributed by atoms with Crippen LogP contribution in [0, 0.1) is 6.92 Å². The third-order valence-corrected chi connectivity index (χ3v) is 7.70. The van der Waals surface area contributed by atoms with Crippen molar-refractivity contribution in [2.24, 2.45) is 0 Å². The zero-order valence-corrected chi connectivity index (χ0v) is 19.4. The minimum Gasteiger partial charge on any atom is -0.376 e. The van der Waals surface area contributed by atoms with Gasteiger partial charge in [0.25, 0.3) is 0 Å². The zero-order valence-electron chi connectivity index (χ0n) is 18.6. The number of hydrogen-bond acceptors (Lipinski definition) is 6. The predicted molar refractivity (Wildman–Crippen MR) is 127 cm³/mol. The van der Waals surface area contributed by atoms with Gasteiger partial charge in [0.05, 0.1) is 17.1 Å². The van der Waals surface area contributed by atoms with Crippen LogP contribution in [0.5, 0.6) is 0 Å². The van der Waals surface area contributed by atoms with E-state index in [1.165, 1.54) is 6.33 Å². The van der Waals surface area contributed by atoms with Crippen molar-refractivity contribution < 1.29 is 13.2 Å². The van der Waals surface area contributed by atoms with E-state index in [1.54, 1.807) is 40.4 Å². The van der Waals surface area contributed by atoms with Crippen molar-refractivity contribution in [1.29, 1.82) is 0 Å². The van der Waals surface area contributed by atoms with Crippen LogP contribution >= 0.6 is 0 Å². The molecule has 0 radical (unpaired) electrons. The van der Waals surface area contributed by atoms with E-state index < -0.39 is 10.0 Å². The van der Waals surface area contributed by atoms with Gasteiger partial charge in [-0.3, -0.25) is 4.79 Å². The second-order valence-corrected chi connectivity index (χ2v) is 9.99. The second kappa shape index (κ2) is 10.1. The lowest BCUT2D eigenvalue weighted by atomic mass is 10.2. The Balaban J connectivity index is 1.39. The third kappa shape index (κ3) is 5.58. The van der Waals surface area contributed by atoms with Crippen molar-refractivity contribution in [2.45, 2.75) is 37.5 Å². The lowest BCUT2D eigenvalue weighted by molar-refractivity contribution is -0.114. The van der Waals surface area contributed by atoms with Crippen molar-refractivity contribution >= 4 is 27.3 Å². The second-order valence-electron chi connectivity index (χ2n) is 8.09. The van der Waals surface area contributed by atoms with E-state index >= 15 is 0 Å². The molecule has 0 spiro atoms. The van der Waals surface area contributed by atoms with Gasteiger partial charge in [0.2, 0.25) is 15.9 Å². The van der Waals surface area contributed by atoms with Gasteiger partial charge in [0.1, 0.15) is 12.7 Å². The molecular weight excluding hydrogens is 440 g/mol. The Kier molecular flexibility index (Phi) is 7.05. The molecule has 0 aliphatic carbocycles. The summed E-state index contributed by atoms with van der Waals surface area (Å²) in [6.45, 7) is 2.90. The summed E-state index contributed by atoms with van der Waals surface area (Å²) >= 11 is 0. The molecule has 0 unspecified atom stereocenters. The first kappa shape index (κ1) is 22.9. The summed E-state index contributed by atoms with van der Waals surface area (Å²) in [5.74, 6) is -0.266. The van der Waals surface area contributed by atoms with Gasteiger partial charge in [-0.05, 0) is 61.7 Å². The highest BCUT2D eigenvalue weighted by molar-refractivity contribution is 7.89. The number of carbonyl (C=O) groups excluding carboxylic acids is 1. The highest BCUT2D eigenvalue weighted by Crippen LogP contribution is 2.26. The van der Waals surface area contributed by atoms with Crippen LogP contribution in [0.4, 0.5) is 11.4 Å². The number of amides is 1. The van der Waals surface area contributed by atoms with E-state index in [9.17, 15) is 13.2 Å². The maximum absolute atomic E-state index is 13.2. The highest BCUT2D eigenvalue weighted by atomic mass is 32.2. The van der Waals surface area contributed by atoms with Crippen molar-refractivity contribution in [3.05, 3.63) is 60.7 Å². The van der Waals surface area contributed by atoms with Crippen molar-refractivity contribution in [3.63, 3.8) is 0 Å². The Morgan fingerprint density at radius 3 is 2.36 bits per heavy atom. The van der Waals surface area contributed by atoms with Gasteiger partial charge in [-0.1, -0.05) is 18.9 Å². The summed E-state index contributed by atoms with van der Waals surface area (Å²) < 4.78 is 29.6. The molecule has 2 N–H and O–H groups in total. The Morgan fingerprint density at radius 1 is 1.00 bits per heavy atom. The van der Waals surface area contributed by atoms with E-state index in [2.05, 4.69) is 20.7 Å². The van der Waals surface area contributed by atoms with Gasteiger partial charge in [-0.15, -0.1) is 0 Å². The number of anilines is 2. The molecule has 9 nitrogen and oxygen atoms in total. The topological polar surface area (TPSA) is 109 Å². The van der Waals surface area contributed by atoms with Gasteiger partial charge >= 0.3 is 0 Å². The van der Waals surface area contributed by atoms with E-state index in [4.69, 9.17) is 0 Å².